The normalized spacial score (nSPS) is 15.2. The predicted octanol–water partition coefficient (Wildman–Crippen LogP) is 4.11. The SMILES string of the molecule is CC.CC.c1c2c(nc3c1CCC3)CCC2. The van der Waals surface area contributed by atoms with E-state index in [-0.39, 0.29) is 0 Å². The average molecular weight is 219 g/mol. The van der Waals surface area contributed by atoms with Crippen molar-refractivity contribution in [2.75, 3.05) is 0 Å². The van der Waals surface area contributed by atoms with Gasteiger partial charge >= 0.3 is 0 Å². The average Bonchev–Trinajstić information content (AvgIpc) is 2.98. The van der Waals surface area contributed by atoms with Gasteiger partial charge < -0.3 is 0 Å². The van der Waals surface area contributed by atoms with Crippen molar-refractivity contribution in [1.29, 1.82) is 0 Å². The number of aromatic nitrogens is 1. The highest BCUT2D eigenvalue weighted by Crippen LogP contribution is 2.27. The Kier molecular flexibility index (Phi) is 5.51. The third kappa shape index (κ3) is 2.63. The monoisotopic (exact) mass is 219 g/mol. The van der Waals surface area contributed by atoms with E-state index in [1.165, 1.54) is 61.0 Å². The zero-order valence-corrected chi connectivity index (χ0v) is 11.3. The summed E-state index contributed by atoms with van der Waals surface area (Å²) in [4.78, 5) is 4.73. The molecule has 1 nitrogen and oxygen atoms in total. The number of fused-ring (bicyclic) bond motifs is 2. The van der Waals surface area contributed by atoms with Crippen LogP contribution in [0.1, 0.15) is 63.1 Å². The highest BCUT2D eigenvalue weighted by atomic mass is 14.7. The Morgan fingerprint density at radius 2 is 1.19 bits per heavy atom. The van der Waals surface area contributed by atoms with Crippen LogP contribution in [0.25, 0.3) is 0 Å². The van der Waals surface area contributed by atoms with Crippen LogP contribution in [0.15, 0.2) is 6.07 Å². The van der Waals surface area contributed by atoms with Gasteiger partial charge in [0.1, 0.15) is 0 Å². The molecule has 1 aromatic heterocycles. The molecular formula is C15H25N. The topological polar surface area (TPSA) is 12.9 Å². The maximum Gasteiger partial charge on any atom is 0.0439 e. The number of aryl methyl sites for hydroxylation is 4. The molecule has 0 amide bonds. The molecule has 2 aliphatic carbocycles. The van der Waals surface area contributed by atoms with E-state index in [4.69, 9.17) is 4.98 Å². The molecule has 16 heavy (non-hydrogen) atoms. The largest absolute Gasteiger partial charge is 0.257 e. The molecule has 3 rings (SSSR count). The maximum atomic E-state index is 4.73. The van der Waals surface area contributed by atoms with Crippen LogP contribution >= 0.6 is 0 Å². The number of hydrogen-bond acceptors (Lipinski definition) is 1. The lowest BCUT2D eigenvalue weighted by atomic mass is 10.1. The molecule has 0 unspecified atom stereocenters. The highest BCUT2D eigenvalue weighted by molar-refractivity contribution is 5.35. The molecule has 2 aliphatic rings. The van der Waals surface area contributed by atoms with E-state index < -0.39 is 0 Å². The number of nitrogens with zero attached hydrogens (tertiary/aromatic N) is 1. The van der Waals surface area contributed by atoms with Crippen molar-refractivity contribution in [3.8, 4) is 0 Å². The third-order valence-corrected chi connectivity index (χ3v) is 3.08. The molecule has 1 heteroatoms. The van der Waals surface area contributed by atoms with Crippen LogP contribution in [0.2, 0.25) is 0 Å². The van der Waals surface area contributed by atoms with Gasteiger partial charge in [-0.1, -0.05) is 33.8 Å². The summed E-state index contributed by atoms with van der Waals surface area (Å²) in [6, 6.07) is 2.41. The molecule has 0 aliphatic heterocycles. The van der Waals surface area contributed by atoms with Gasteiger partial charge in [0.05, 0.1) is 0 Å². The van der Waals surface area contributed by atoms with Gasteiger partial charge in [0, 0.05) is 11.4 Å². The Morgan fingerprint density at radius 1 is 0.750 bits per heavy atom. The molecule has 1 aromatic rings. The van der Waals surface area contributed by atoms with Crippen molar-refractivity contribution in [3.63, 3.8) is 0 Å². The van der Waals surface area contributed by atoms with Crippen molar-refractivity contribution < 1.29 is 0 Å². The first-order valence-electron chi connectivity index (χ1n) is 6.94. The first-order chi connectivity index (χ1) is 7.93. The van der Waals surface area contributed by atoms with Crippen LogP contribution in [0.5, 0.6) is 0 Å². The zero-order valence-electron chi connectivity index (χ0n) is 11.3. The van der Waals surface area contributed by atoms with Crippen LogP contribution in [-0.4, -0.2) is 4.98 Å². The number of hydrogen-bond donors (Lipinski definition) is 0. The van der Waals surface area contributed by atoms with E-state index in [9.17, 15) is 0 Å². The van der Waals surface area contributed by atoms with E-state index in [0.29, 0.717) is 0 Å². The van der Waals surface area contributed by atoms with Gasteiger partial charge in [-0.2, -0.15) is 0 Å². The van der Waals surface area contributed by atoms with Crippen molar-refractivity contribution in [1.82, 2.24) is 4.98 Å². The summed E-state index contributed by atoms with van der Waals surface area (Å²) < 4.78 is 0. The van der Waals surface area contributed by atoms with Crippen LogP contribution in [-0.2, 0) is 25.7 Å². The lowest BCUT2D eigenvalue weighted by molar-refractivity contribution is 0.872. The van der Waals surface area contributed by atoms with E-state index in [1.807, 2.05) is 27.7 Å². The Morgan fingerprint density at radius 3 is 1.62 bits per heavy atom. The molecule has 0 aromatic carbocycles. The van der Waals surface area contributed by atoms with Crippen LogP contribution in [0.4, 0.5) is 0 Å². The third-order valence-electron chi connectivity index (χ3n) is 3.08. The van der Waals surface area contributed by atoms with Gasteiger partial charge in [0.15, 0.2) is 0 Å². The van der Waals surface area contributed by atoms with Crippen LogP contribution < -0.4 is 0 Å². The minimum absolute atomic E-state index is 1.22. The number of rotatable bonds is 0. The second-order valence-corrected chi connectivity index (χ2v) is 3.91. The molecular weight excluding hydrogens is 194 g/mol. The van der Waals surface area contributed by atoms with E-state index >= 15 is 0 Å². The Balaban J connectivity index is 0.000000291. The quantitative estimate of drug-likeness (QED) is 0.640. The lowest BCUT2D eigenvalue weighted by Gasteiger charge is -2.02. The first-order valence-corrected chi connectivity index (χ1v) is 6.94. The minimum Gasteiger partial charge on any atom is -0.257 e. The fraction of sp³-hybridized carbons (Fsp3) is 0.667. The van der Waals surface area contributed by atoms with Gasteiger partial charge in [-0.3, -0.25) is 4.98 Å². The molecule has 0 atom stereocenters. The molecule has 1 heterocycles. The van der Waals surface area contributed by atoms with Gasteiger partial charge in [-0.15, -0.1) is 0 Å². The summed E-state index contributed by atoms with van der Waals surface area (Å²) in [5, 5.41) is 0. The second-order valence-electron chi connectivity index (χ2n) is 3.91. The Bertz CT molecular complexity index is 268. The number of pyridine rings is 1. The van der Waals surface area contributed by atoms with Gasteiger partial charge in [-0.25, -0.2) is 0 Å². The summed E-state index contributed by atoms with van der Waals surface area (Å²) in [6.45, 7) is 8.00. The zero-order chi connectivity index (χ0) is 12.0. The Hall–Kier alpha value is -0.850. The van der Waals surface area contributed by atoms with Gasteiger partial charge in [0.25, 0.3) is 0 Å². The molecule has 0 bridgehead atoms. The fourth-order valence-corrected chi connectivity index (χ4v) is 2.44. The van der Waals surface area contributed by atoms with Crippen molar-refractivity contribution in [2.24, 2.45) is 0 Å². The predicted molar refractivity (Wildman–Crippen MR) is 71.0 cm³/mol. The smallest absolute Gasteiger partial charge is 0.0439 e. The molecule has 0 saturated heterocycles. The maximum absolute atomic E-state index is 4.73. The summed E-state index contributed by atoms with van der Waals surface area (Å²) >= 11 is 0. The first kappa shape index (κ1) is 13.2. The van der Waals surface area contributed by atoms with E-state index in [0.717, 1.165) is 0 Å². The fourth-order valence-electron chi connectivity index (χ4n) is 2.44. The van der Waals surface area contributed by atoms with Gasteiger partial charge in [0.2, 0.25) is 0 Å². The van der Waals surface area contributed by atoms with Crippen molar-refractivity contribution >= 4 is 0 Å². The van der Waals surface area contributed by atoms with Crippen LogP contribution in [0, 0.1) is 0 Å². The molecule has 90 valence electrons. The Labute approximate surface area is 100 Å². The summed E-state index contributed by atoms with van der Waals surface area (Å²) in [7, 11) is 0. The van der Waals surface area contributed by atoms with E-state index in [1.54, 1.807) is 0 Å². The van der Waals surface area contributed by atoms with Gasteiger partial charge in [-0.05, 0) is 49.7 Å². The second kappa shape index (κ2) is 6.67. The molecule has 0 fully saturated rings. The van der Waals surface area contributed by atoms with Crippen molar-refractivity contribution in [3.05, 3.63) is 28.6 Å². The molecule has 0 N–H and O–H groups in total. The van der Waals surface area contributed by atoms with E-state index in [2.05, 4.69) is 6.07 Å². The molecule has 0 saturated carbocycles. The molecule has 0 radical (unpaired) electrons. The lowest BCUT2D eigenvalue weighted by Crippen LogP contribution is -1.94. The minimum atomic E-state index is 1.22. The summed E-state index contributed by atoms with van der Waals surface area (Å²) in [5.41, 5.74) is 5.87. The van der Waals surface area contributed by atoms with Crippen LogP contribution in [0.3, 0.4) is 0 Å². The summed E-state index contributed by atoms with van der Waals surface area (Å²) in [6.07, 6.45) is 7.65. The standard InChI is InChI=1S/C11H13N.2C2H6/c1-3-8-7-9-4-2-6-11(9)12-10(8)5-1;2*1-2/h7H,1-6H2;2*1-2H3. The summed E-state index contributed by atoms with van der Waals surface area (Å²) in [5.74, 6) is 0. The highest BCUT2D eigenvalue weighted by Gasteiger charge is 2.18. The molecule has 0 spiro atoms. The van der Waals surface area contributed by atoms with Crippen molar-refractivity contribution in [2.45, 2.75) is 66.2 Å².